The standard InChI is InChI=1S/C29H23N5O3/c1-29(16-30)17-37-15-21-7-6-18(10-24(21)29)27(35)32-13-22-11-25-19(12-31-22)8-9-26(33-25)34-14-20-4-2-3-5-23(20)28(34)36/h2-12H,13-15,17H2,1H3,(H,32,35)/t29-/m1/s1. The van der Waals surface area contributed by atoms with Crippen LogP contribution in [0, 0.1) is 11.3 Å². The number of anilines is 1. The van der Waals surface area contributed by atoms with Crippen LogP contribution in [-0.4, -0.2) is 28.4 Å². The van der Waals surface area contributed by atoms with E-state index in [1.165, 1.54) is 0 Å². The molecule has 0 saturated carbocycles. The van der Waals surface area contributed by atoms with Crippen molar-refractivity contribution in [1.82, 2.24) is 15.3 Å². The summed E-state index contributed by atoms with van der Waals surface area (Å²) >= 11 is 0. The topological polar surface area (TPSA) is 108 Å². The molecule has 0 saturated heterocycles. The summed E-state index contributed by atoms with van der Waals surface area (Å²) in [6, 6.07) is 20.8. The number of nitriles is 1. The summed E-state index contributed by atoms with van der Waals surface area (Å²) in [5.41, 5.74) is 4.47. The van der Waals surface area contributed by atoms with Gasteiger partial charge in [0.25, 0.3) is 11.8 Å². The van der Waals surface area contributed by atoms with Gasteiger partial charge >= 0.3 is 0 Å². The van der Waals surface area contributed by atoms with E-state index < -0.39 is 5.41 Å². The van der Waals surface area contributed by atoms with Crippen LogP contribution >= 0.6 is 0 Å². The summed E-state index contributed by atoms with van der Waals surface area (Å²) in [7, 11) is 0. The first-order chi connectivity index (χ1) is 17.9. The molecule has 0 bridgehead atoms. The summed E-state index contributed by atoms with van der Waals surface area (Å²) in [6.07, 6.45) is 1.71. The molecule has 8 heteroatoms. The van der Waals surface area contributed by atoms with Crippen LogP contribution < -0.4 is 10.2 Å². The van der Waals surface area contributed by atoms with Crippen molar-refractivity contribution in [2.45, 2.75) is 32.0 Å². The molecule has 0 spiro atoms. The van der Waals surface area contributed by atoms with Crippen molar-refractivity contribution >= 4 is 28.5 Å². The van der Waals surface area contributed by atoms with Gasteiger partial charge in [0.05, 0.1) is 43.6 Å². The van der Waals surface area contributed by atoms with E-state index in [0.29, 0.717) is 47.9 Å². The van der Waals surface area contributed by atoms with E-state index in [1.54, 1.807) is 23.2 Å². The van der Waals surface area contributed by atoms with Gasteiger partial charge in [-0.1, -0.05) is 24.3 Å². The molecule has 8 nitrogen and oxygen atoms in total. The Hall–Kier alpha value is -4.61. The highest BCUT2D eigenvalue weighted by atomic mass is 16.5. The molecule has 2 aromatic carbocycles. The molecule has 1 atom stereocenters. The molecular weight excluding hydrogens is 466 g/mol. The third kappa shape index (κ3) is 3.99. The van der Waals surface area contributed by atoms with Gasteiger partial charge in [-0.3, -0.25) is 19.5 Å². The second-order valence-corrected chi connectivity index (χ2v) is 9.58. The number of fused-ring (bicyclic) bond motifs is 3. The number of carbonyl (C=O) groups excluding carboxylic acids is 2. The van der Waals surface area contributed by atoms with Crippen molar-refractivity contribution < 1.29 is 14.3 Å². The minimum absolute atomic E-state index is 0.0619. The molecule has 182 valence electrons. The smallest absolute Gasteiger partial charge is 0.260 e. The van der Waals surface area contributed by atoms with Crippen LogP contribution in [0.5, 0.6) is 0 Å². The Bertz CT molecular complexity index is 1630. The molecule has 0 aliphatic carbocycles. The van der Waals surface area contributed by atoms with Crippen molar-refractivity contribution in [3.05, 3.63) is 100 Å². The van der Waals surface area contributed by atoms with E-state index >= 15 is 0 Å². The Labute approximate surface area is 213 Å². The second-order valence-electron chi connectivity index (χ2n) is 9.58. The maximum atomic E-state index is 12.9. The quantitative estimate of drug-likeness (QED) is 0.464. The van der Waals surface area contributed by atoms with Crippen LogP contribution in [0.2, 0.25) is 0 Å². The van der Waals surface area contributed by atoms with Gasteiger partial charge in [0, 0.05) is 22.7 Å². The zero-order valence-electron chi connectivity index (χ0n) is 20.2. The van der Waals surface area contributed by atoms with Gasteiger partial charge in [-0.25, -0.2) is 4.98 Å². The highest BCUT2D eigenvalue weighted by Crippen LogP contribution is 2.33. The molecule has 0 fully saturated rings. The van der Waals surface area contributed by atoms with Gasteiger partial charge in [0.1, 0.15) is 11.2 Å². The number of hydrogen-bond acceptors (Lipinski definition) is 6. The third-order valence-corrected chi connectivity index (χ3v) is 7.01. The third-order valence-electron chi connectivity index (χ3n) is 7.01. The highest BCUT2D eigenvalue weighted by Gasteiger charge is 2.33. The fourth-order valence-corrected chi connectivity index (χ4v) is 4.90. The Balaban J connectivity index is 1.20. The molecule has 1 N–H and O–H groups in total. The molecule has 2 amide bonds. The fourth-order valence-electron chi connectivity index (χ4n) is 4.90. The fraction of sp³-hybridized carbons (Fsp3) is 0.207. The van der Waals surface area contributed by atoms with Crippen LogP contribution in [0.1, 0.15) is 50.0 Å². The molecular formula is C29H23N5O3. The van der Waals surface area contributed by atoms with E-state index in [9.17, 15) is 14.9 Å². The molecule has 4 aromatic rings. The molecule has 2 aliphatic rings. The van der Waals surface area contributed by atoms with Crippen LogP contribution in [0.4, 0.5) is 5.82 Å². The summed E-state index contributed by atoms with van der Waals surface area (Å²) in [6.45, 7) is 3.25. The van der Waals surface area contributed by atoms with Crippen LogP contribution in [0.15, 0.2) is 66.9 Å². The normalized spacial score (nSPS) is 18.3. The Kier molecular flexibility index (Phi) is 5.43. The van der Waals surface area contributed by atoms with Gasteiger partial charge in [-0.05, 0) is 60.0 Å². The number of hydrogen-bond donors (Lipinski definition) is 1. The summed E-state index contributed by atoms with van der Waals surface area (Å²) in [5, 5.41) is 13.4. The Morgan fingerprint density at radius 3 is 2.86 bits per heavy atom. The molecule has 2 aromatic heterocycles. The minimum atomic E-state index is -0.786. The molecule has 6 rings (SSSR count). The summed E-state index contributed by atoms with van der Waals surface area (Å²) in [5.74, 6) is 0.264. The van der Waals surface area contributed by atoms with Crippen molar-refractivity contribution in [1.29, 1.82) is 5.26 Å². The lowest BCUT2D eigenvalue weighted by Crippen LogP contribution is -2.33. The van der Waals surface area contributed by atoms with Crippen molar-refractivity contribution in [3.63, 3.8) is 0 Å². The van der Waals surface area contributed by atoms with Gasteiger partial charge < -0.3 is 10.1 Å². The first-order valence-corrected chi connectivity index (χ1v) is 12.0. The summed E-state index contributed by atoms with van der Waals surface area (Å²) < 4.78 is 5.55. The lowest BCUT2D eigenvalue weighted by atomic mass is 9.79. The maximum Gasteiger partial charge on any atom is 0.260 e. The van der Waals surface area contributed by atoms with Crippen molar-refractivity contribution in [2.24, 2.45) is 0 Å². The van der Waals surface area contributed by atoms with Crippen LogP contribution in [0.3, 0.4) is 0 Å². The van der Waals surface area contributed by atoms with Crippen LogP contribution in [0.25, 0.3) is 10.9 Å². The number of nitrogens with zero attached hydrogens (tertiary/aromatic N) is 4. The number of nitrogens with one attached hydrogen (secondary N) is 1. The van der Waals surface area contributed by atoms with Gasteiger partial charge in [-0.2, -0.15) is 5.26 Å². The zero-order valence-corrected chi connectivity index (χ0v) is 20.2. The second kappa shape index (κ2) is 8.80. The number of carbonyl (C=O) groups is 2. The molecule has 4 heterocycles. The van der Waals surface area contributed by atoms with E-state index in [2.05, 4.69) is 16.4 Å². The number of rotatable bonds is 4. The van der Waals surface area contributed by atoms with E-state index in [1.807, 2.05) is 55.5 Å². The van der Waals surface area contributed by atoms with E-state index in [0.717, 1.165) is 22.1 Å². The minimum Gasteiger partial charge on any atom is -0.375 e. The van der Waals surface area contributed by atoms with Crippen molar-refractivity contribution in [3.8, 4) is 6.07 Å². The Morgan fingerprint density at radius 1 is 1.16 bits per heavy atom. The largest absolute Gasteiger partial charge is 0.375 e. The van der Waals surface area contributed by atoms with E-state index in [-0.39, 0.29) is 18.4 Å². The van der Waals surface area contributed by atoms with Gasteiger partial charge in [0.15, 0.2) is 0 Å². The average molecular weight is 490 g/mol. The average Bonchev–Trinajstić information content (AvgIpc) is 3.27. The predicted octanol–water partition coefficient (Wildman–Crippen LogP) is 4.03. The number of benzene rings is 2. The van der Waals surface area contributed by atoms with Crippen molar-refractivity contribution in [2.75, 3.05) is 11.5 Å². The Morgan fingerprint density at radius 2 is 2.03 bits per heavy atom. The number of amides is 2. The number of ether oxygens (including phenoxy) is 1. The SMILES string of the molecule is C[C@@]1(C#N)COCc2ccc(C(=O)NCc3cc4nc(N5Cc6ccccc6C5=O)ccc4cn3)cc21. The lowest BCUT2D eigenvalue weighted by molar-refractivity contribution is 0.0757. The number of pyridine rings is 2. The predicted molar refractivity (Wildman–Crippen MR) is 137 cm³/mol. The highest BCUT2D eigenvalue weighted by molar-refractivity contribution is 6.09. The molecule has 37 heavy (non-hydrogen) atoms. The molecule has 2 aliphatic heterocycles. The first kappa shape index (κ1) is 22.8. The zero-order chi connectivity index (χ0) is 25.6. The van der Waals surface area contributed by atoms with Gasteiger partial charge in [-0.15, -0.1) is 0 Å². The monoisotopic (exact) mass is 489 g/mol. The first-order valence-electron chi connectivity index (χ1n) is 12.0. The maximum absolute atomic E-state index is 12.9. The van der Waals surface area contributed by atoms with E-state index in [4.69, 9.17) is 9.72 Å². The summed E-state index contributed by atoms with van der Waals surface area (Å²) in [4.78, 5) is 36.6. The molecule has 0 unspecified atom stereocenters. The van der Waals surface area contributed by atoms with Crippen LogP contribution in [-0.2, 0) is 29.8 Å². The number of aromatic nitrogens is 2. The lowest BCUT2D eigenvalue weighted by Gasteiger charge is -2.30. The van der Waals surface area contributed by atoms with Gasteiger partial charge in [0.2, 0.25) is 0 Å². The molecule has 0 radical (unpaired) electrons.